The molecule has 0 radical (unpaired) electrons. The van der Waals surface area contributed by atoms with Crippen molar-refractivity contribution in [1.82, 2.24) is 9.71 Å². The van der Waals surface area contributed by atoms with Crippen molar-refractivity contribution in [2.24, 2.45) is 11.7 Å². The number of pyridine rings is 1. The van der Waals surface area contributed by atoms with Crippen molar-refractivity contribution in [3.8, 4) is 0 Å². The van der Waals surface area contributed by atoms with Gasteiger partial charge in [-0.1, -0.05) is 97.9 Å². The van der Waals surface area contributed by atoms with Crippen LogP contribution in [0.5, 0.6) is 0 Å². The molecule has 0 spiro atoms. The molecule has 0 amide bonds. The standard InChI is InChI=1S/C18H16N2S.C5H12.2C2H6.CH5NO/c1-2-14-7-9-16(10-8-14)21-20-13-15-11-12-19-18-6-4-3-5-17(15)18;1-4-5(2)3;2*1-2;2-1-3/h2-12,20H,1,13H2;5H,4H2,1-3H3;2*1-2H3;3H,1-2H2. The molecule has 0 aliphatic rings. The van der Waals surface area contributed by atoms with E-state index in [2.05, 4.69) is 85.3 Å². The summed E-state index contributed by atoms with van der Waals surface area (Å²) in [5, 5.41) is 8.55. The molecule has 4 N–H and O–H groups in total. The molecular formula is C28H45N3OS. The van der Waals surface area contributed by atoms with Crippen molar-refractivity contribution < 1.29 is 5.11 Å². The lowest BCUT2D eigenvalue weighted by Gasteiger charge is -2.07. The first-order chi connectivity index (χ1) is 16.0. The molecule has 0 saturated heterocycles. The number of nitrogens with zero attached hydrogens (tertiary/aromatic N) is 1. The Balaban J connectivity index is 0. The summed E-state index contributed by atoms with van der Waals surface area (Å²) in [6.07, 6.45) is 5.02. The SMILES string of the molecule is C=Cc1ccc(SNCc2ccnc3ccccc23)cc1.CC.CC.CCC(C)C.NCO. The topological polar surface area (TPSA) is 71.2 Å². The fourth-order valence-electron chi connectivity index (χ4n) is 2.18. The molecule has 0 bridgehead atoms. The van der Waals surface area contributed by atoms with E-state index in [4.69, 9.17) is 5.11 Å². The summed E-state index contributed by atoms with van der Waals surface area (Å²) in [6.45, 7) is 19.0. The van der Waals surface area contributed by atoms with Gasteiger partial charge in [0.15, 0.2) is 0 Å². The normalized spacial score (nSPS) is 9.15. The van der Waals surface area contributed by atoms with Crippen LogP contribution in [0.1, 0.15) is 66.0 Å². The Kier molecular flexibility index (Phi) is 23.0. The van der Waals surface area contributed by atoms with E-state index in [0.717, 1.165) is 23.5 Å². The second-order valence-electron chi connectivity index (χ2n) is 6.67. The van der Waals surface area contributed by atoms with Gasteiger partial charge in [-0.3, -0.25) is 9.71 Å². The van der Waals surface area contributed by atoms with Crippen LogP contribution in [-0.4, -0.2) is 16.8 Å². The minimum absolute atomic E-state index is 0.250. The number of benzene rings is 2. The Morgan fingerprint density at radius 1 is 1.03 bits per heavy atom. The highest BCUT2D eigenvalue weighted by Gasteiger charge is 2.01. The Labute approximate surface area is 206 Å². The molecule has 1 aromatic heterocycles. The first kappa shape index (κ1) is 33.0. The second-order valence-corrected chi connectivity index (χ2v) is 7.63. The quantitative estimate of drug-likeness (QED) is 0.254. The van der Waals surface area contributed by atoms with Gasteiger partial charge < -0.3 is 10.8 Å². The van der Waals surface area contributed by atoms with Crippen LogP contribution in [0.2, 0.25) is 0 Å². The first-order valence-corrected chi connectivity index (χ1v) is 12.6. The van der Waals surface area contributed by atoms with Gasteiger partial charge in [0.05, 0.1) is 12.2 Å². The van der Waals surface area contributed by atoms with Crippen LogP contribution in [0, 0.1) is 5.92 Å². The second kappa shape index (κ2) is 23.0. The predicted molar refractivity (Wildman–Crippen MR) is 150 cm³/mol. The Morgan fingerprint density at radius 2 is 1.58 bits per heavy atom. The maximum atomic E-state index is 7.35. The van der Waals surface area contributed by atoms with Crippen molar-refractivity contribution in [3.05, 3.63) is 78.5 Å². The molecule has 0 fully saturated rings. The van der Waals surface area contributed by atoms with Crippen molar-refractivity contribution in [1.29, 1.82) is 0 Å². The van der Waals surface area contributed by atoms with E-state index in [0.29, 0.717) is 0 Å². The highest BCUT2D eigenvalue weighted by molar-refractivity contribution is 7.97. The third kappa shape index (κ3) is 15.3. The van der Waals surface area contributed by atoms with Crippen LogP contribution in [0.4, 0.5) is 0 Å². The highest BCUT2D eigenvalue weighted by Crippen LogP contribution is 2.19. The molecule has 184 valence electrons. The first-order valence-electron chi connectivity index (χ1n) is 11.8. The van der Waals surface area contributed by atoms with E-state index < -0.39 is 0 Å². The molecule has 5 heteroatoms. The zero-order valence-electron chi connectivity index (χ0n) is 21.6. The number of aliphatic hydroxyl groups is 1. The molecular weight excluding hydrogens is 426 g/mol. The number of nitrogens with two attached hydrogens (primary N) is 1. The van der Waals surface area contributed by atoms with E-state index in [1.807, 2.05) is 52.1 Å². The molecule has 33 heavy (non-hydrogen) atoms. The van der Waals surface area contributed by atoms with E-state index in [9.17, 15) is 0 Å². The van der Waals surface area contributed by atoms with Crippen LogP contribution in [-0.2, 0) is 6.54 Å². The zero-order valence-corrected chi connectivity index (χ0v) is 22.5. The monoisotopic (exact) mass is 471 g/mol. The van der Waals surface area contributed by atoms with Crippen LogP contribution < -0.4 is 10.5 Å². The minimum Gasteiger partial charge on any atom is -0.382 e. The van der Waals surface area contributed by atoms with E-state index in [1.165, 1.54) is 22.3 Å². The number of rotatable bonds is 6. The van der Waals surface area contributed by atoms with Gasteiger partial charge in [0.1, 0.15) is 0 Å². The summed E-state index contributed by atoms with van der Waals surface area (Å²) in [5.74, 6) is 0.884. The van der Waals surface area contributed by atoms with Crippen molar-refractivity contribution in [2.45, 2.75) is 66.3 Å². The van der Waals surface area contributed by atoms with Crippen molar-refractivity contribution >= 4 is 28.9 Å². The van der Waals surface area contributed by atoms with Gasteiger partial charge in [-0.05, 0) is 53.3 Å². The summed E-state index contributed by atoms with van der Waals surface area (Å²) in [5.41, 5.74) is 7.84. The molecule has 3 aromatic rings. The summed E-state index contributed by atoms with van der Waals surface area (Å²) >= 11 is 1.64. The molecule has 0 atom stereocenters. The molecule has 0 unspecified atom stereocenters. The van der Waals surface area contributed by atoms with Crippen LogP contribution >= 0.6 is 11.9 Å². The number of aromatic nitrogens is 1. The third-order valence-electron chi connectivity index (χ3n) is 4.12. The highest BCUT2D eigenvalue weighted by atomic mass is 32.2. The van der Waals surface area contributed by atoms with E-state index in [1.54, 1.807) is 11.9 Å². The van der Waals surface area contributed by atoms with E-state index in [-0.39, 0.29) is 6.73 Å². The lowest BCUT2D eigenvalue weighted by molar-refractivity contribution is 0.307. The fourth-order valence-corrected chi connectivity index (χ4v) is 2.84. The summed E-state index contributed by atoms with van der Waals surface area (Å²) in [6, 6.07) is 18.6. The summed E-state index contributed by atoms with van der Waals surface area (Å²) in [4.78, 5) is 5.58. The van der Waals surface area contributed by atoms with Crippen LogP contribution in [0.15, 0.2) is 72.3 Å². The minimum atomic E-state index is -0.250. The number of nitrogens with one attached hydrogen (secondary N) is 1. The van der Waals surface area contributed by atoms with Gasteiger partial charge >= 0.3 is 0 Å². The van der Waals surface area contributed by atoms with Gasteiger partial charge in [-0.2, -0.15) is 0 Å². The lowest BCUT2D eigenvalue weighted by Crippen LogP contribution is -2.03. The Bertz CT molecular complexity index is 831. The molecule has 0 saturated carbocycles. The van der Waals surface area contributed by atoms with Gasteiger partial charge in [0, 0.05) is 23.0 Å². The van der Waals surface area contributed by atoms with Crippen LogP contribution in [0.25, 0.3) is 17.0 Å². The maximum Gasteiger partial charge on any atom is 0.0906 e. The summed E-state index contributed by atoms with van der Waals surface area (Å²) < 4.78 is 3.41. The smallest absolute Gasteiger partial charge is 0.0906 e. The fraction of sp³-hybridized carbons (Fsp3) is 0.393. The van der Waals surface area contributed by atoms with Gasteiger partial charge in [-0.25, -0.2) is 0 Å². The average Bonchev–Trinajstić information content (AvgIpc) is 2.88. The van der Waals surface area contributed by atoms with E-state index >= 15 is 0 Å². The zero-order chi connectivity index (χ0) is 25.5. The van der Waals surface area contributed by atoms with Crippen LogP contribution in [0.3, 0.4) is 0 Å². The Morgan fingerprint density at radius 3 is 2.09 bits per heavy atom. The van der Waals surface area contributed by atoms with Crippen molar-refractivity contribution in [2.75, 3.05) is 6.73 Å². The molecule has 4 nitrogen and oxygen atoms in total. The Hall–Kier alpha value is -2.18. The number of aliphatic hydroxyl groups excluding tert-OH is 1. The number of hydrogen-bond acceptors (Lipinski definition) is 5. The molecule has 2 aromatic carbocycles. The number of para-hydroxylation sites is 1. The average molecular weight is 472 g/mol. The van der Waals surface area contributed by atoms with Gasteiger partial charge in [0.25, 0.3) is 0 Å². The van der Waals surface area contributed by atoms with Gasteiger partial charge in [0.2, 0.25) is 0 Å². The van der Waals surface area contributed by atoms with Gasteiger partial charge in [-0.15, -0.1) is 0 Å². The molecule has 3 rings (SSSR count). The number of fused-ring (bicyclic) bond motifs is 1. The lowest BCUT2D eigenvalue weighted by atomic mass is 10.1. The summed E-state index contributed by atoms with van der Waals surface area (Å²) in [7, 11) is 0. The third-order valence-corrected chi connectivity index (χ3v) is 4.92. The molecule has 1 heterocycles. The van der Waals surface area contributed by atoms with Crippen molar-refractivity contribution in [3.63, 3.8) is 0 Å². The molecule has 0 aliphatic heterocycles. The molecule has 0 aliphatic carbocycles. The predicted octanol–water partition coefficient (Wildman–Crippen LogP) is 7.67. The largest absolute Gasteiger partial charge is 0.382 e. The number of hydrogen-bond donors (Lipinski definition) is 3. The maximum absolute atomic E-state index is 7.35.